The number of rotatable bonds is 5. The van der Waals surface area contributed by atoms with Crippen molar-refractivity contribution in [2.24, 2.45) is 45.4 Å². The second-order valence-corrected chi connectivity index (χ2v) is 10.7. The molecule has 5 nitrogen and oxygen atoms in total. The molecule has 0 bridgehead atoms. The maximum absolute atomic E-state index is 12.1. The molecule has 0 aromatic rings. The van der Waals surface area contributed by atoms with Crippen molar-refractivity contribution in [2.75, 3.05) is 13.2 Å². The van der Waals surface area contributed by atoms with E-state index in [0.29, 0.717) is 42.2 Å². The van der Waals surface area contributed by atoms with Crippen molar-refractivity contribution in [3.8, 4) is 0 Å². The molecule has 4 aliphatic carbocycles. The molecule has 4 fully saturated rings. The van der Waals surface area contributed by atoms with Crippen LogP contribution in [0, 0.1) is 34.5 Å². The third-order valence-corrected chi connectivity index (χ3v) is 9.76. The van der Waals surface area contributed by atoms with Crippen LogP contribution in [0.5, 0.6) is 0 Å². The summed E-state index contributed by atoms with van der Waals surface area (Å²) in [7, 11) is 0. The Morgan fingerprint density at radius 1 is 1.07 bits per heavy atom. The minimum atomic E-state index is -0.545. The first-order valence-electron chi connectivity index (χ1n) is 11.6. The topological polar surface area (TPSA) is 88.1 Å². The molecule has 4 rings (SSSR count). The van der Waals surface area contributed by atoms with Crippen LogP contribution in [0.1, 0.15) is 78.1 Å². The van der Waals surface area contributed by atoms with Crippen LogP contribution in [-0.2, 0) is 4.84 Å². The summed E-state index contributed by atoms with van der Waals surface area (Å²) in [6.45, 7) is 5.76. The van der Waals surface area contributed by atoms with Gasteiger partial charge in [-0.25, -0.2) is 0 Å². The lowest BCUT2D eigenvalue weighted by Gasteiger charge is -2.63. The largest absolute Gasteiger partial charge is 0.395 e. The molecule has 0 radical (unpaired) electrons. The van der Waals surface area contributed by atoms with E-state index >= 15 is 0 Å². The zero-order valence-electron chi connectivity index (χ0n) is 17.8. The highest BCUT2D eigenvalue weighted by Crippen LogP contribution is 2.69. The molecule has 4 saturated carbocycles. The van der Waals surface area contributed by atoms with Crippen molar-refractivity contribution in [3.63, 3.8) is 0 Å². The third kappa shape index (κ3) is 3.04. The van der Waals surface area contributed by atoms with E-state index in [2.05, 4.69) is 19.0 Å². The molecule has 3 unspecified atom stereocenters. The monoisotopic (exact) mass is 392 g/mol. The second kappa shape index (κ2) is 7.55. The molecule has 0 aliphatic heterocycles. The Morgan fingerprint density at radius 2 is 1.89 bits per heavy atom. The van der Waals surface area contributed by atoms with Crippen molar-refractivity contribution in [2.45, 2.75) is 89.8 Å². The van der Waals surface area contributed by atoms with Gasteiger partial charge in [0.15, 0.2) is 0 Å². The van der Waals surface area contributed by atoms with Gasteiger partial charge in [0.2, 0.25) is 0 Å². The van der Waals surface area contributed by atoms with E-state index in [0.717, 1.165) is 51.4 Å². The standard InChI is InChI=1S/C23H40N2O3/c1-21-9-6-18(26)15-17(21)3-4-20-19(21)7-10-22(2)16(5-11-23(20,22)27)8-13-25-28-14-12-24/h13,16-20,26-27H,3-12,14-15,24H2,1-2H3/b25-13+/t16?,17?,18?,19-,20-,21+,22-,23-/m1/s1. The Kier molecular flexibility index (Phi) is 5.56. The molecule has 4 N–H and O–H groups in total. The Morgan fingerprint density at radius 3 is 2.68 bits per heavy atom. The highest BCUT2D eigenvalue weighted by molar-refractivity contribution is 5.57. The van der Waals surface area contributed by atoms with Gasteiger partial charge in [0.1, 0.15) is 6.61 Å². The molecule has 0 saturated heterocycles. The lowest BCUT2D eigenvalue weighted by Crippen LogP contribution is -2.62. The van der Waals surface area contributed by atoms with Crippen molar-refractivity contribution in [3.05, 3.63) is 0 Å². The van der Waals surface area contributed by atoms with Gasteiger partial charge < -0.3 is 20.8 Å². The first-order chi connectivity index (χ1) is 13.3. The Balaban J connectivity index is 1.51. The minimum absolute atomic E-state index is 0.0224. The van der Waals surface area contributed by atoms with Crippen molar-refractivity contribution in [1.29, 1.82) is 0 Å². The number of aliphatic hydroxyl groups excluding tert-OH is 1. The summed E-state index contributed by atoms with van der Waals surface area (Å²) in [5.74, 6) is 2.13. The quantitative estimate of drug-likeness (QED) is 0.380. The van der Waals surface area contributed by atoms with Gasteiger partial charge >= 0.3 is 0 Å². The molecule has 160 valence electrons. The van der Waals surface area contributed by atoms with Crippen LogP contribution in [0.4, 0.5) is 0 Å². The number of aliphatic hydroxyl groups is 2. The fourth-order valence-electron chi connectivity index (χ4n) is 8.02. The molecule has 5 heteroatoms. The number of hydrogen-bond donors (Lipinski definition) is 3. The smallest absolute Gasteiger partial charge is 0.129 e. The van der Waals surface area contributed by atoms with Crippen molar-refractivity contribution < 1.29 is 15.1 Å². The number of fused-ring (bicyclic) bond motifs is 5. The summed E-state index contributed by atoms with van der Waals surface area (Å²) < 4.78 is 0. The summed E-state index contributed by atoms with van der Waals surface area (Å²) in [5.41, 5.74) is 5.17. The van der Waals surface area contributed by atoms with Gasteiger partial charge in [-0.2, -0.15) is 0 Å². The normalized spacial score (nSPS) is 50.8. The lowest BCUT2D eigenvalue weighted by atomic mass is 9.43. The van der Waals surface area contributed by atoms with Crippen LogP contribution in [0.2, 0.25) is 0 Å². The average molecular weight is 393 g/mol. The van der Waals surface area contributed by atoms with E-state index in [1.54, 1.807) is 0 Å². The van der Waals surface area contributed by atoms with Gasteiger partial charge in [0, 0.05) is 12.8 Å². The summed E-state index contributed by atoms with van der Waals surface area (Å²) >= 11 is 0. The van der Waals surface area contributed by atoms with E-state index in [1.165, 1.54) is 12.8 Å². The summed E-state index contributed by atoms with van der Waals surface area (Å²) in [6, 6.07) is 0. The van der Waals surface area contributed by atoms with Gasteiger partial charge in [-0.3, -0.25) is 0 Å². The highest BCUT2D eigenvalue weighted by Gasteiger charge is 2.66. The zero-order chi connectivity index (χ0) is 20.0. The van der Waals surface area contributed by atoms with Crippen molar-refractivity contribution in [1.82, 2.24) is 0 Å². The predicted molar refractivity (Wildman–Crippen MR) is 111 cm³/mol. The molecule has 0 aromatic carbocycles. The molecule has 4 aliphatic rings. The maximum Gasteiger partial charge on any atom is 0.129 e. The zero-order valence-corrected chi connectivity index (χ0v) is 17.8. The lowest BCUT2D eigenvalue weighted by molar-refractivity contribution is -0.209. The average Bonchev–Trinajstić information content (AvgIpc) is 2.93. The van der Waals surface area contributed by atoms with Gasteiger partial charge in [0.25, 0.3) is 0 Å². The maximum atomic E-state index is 12.1. The Bertz CT molecular complexity index is 598. The number of nitrogens with two attached hydrogens (primary N) is 1. The summed E-state index contributed by atoms with van der Waals surface area (Å²) in [5, 5.41) is 26.3. The van der Waals surface area contributed by atoms with Crippen LogP contribution in [0.3, 0.4) is 0 Å². The van der Waals surface area contributed by atoms with Crippen LogP contribution in [0.15, 0.2) is 5.16 Å². The van der Waals surface area contributed by atoms with Crippen molar-refractivity contribution >= 4 is 6.21 Å². The molecule has 0 amide bonds. The van der Waals surface area contributed by atoms with Crippen LogP contribution < -0.4 is 5.73 Å². The number of nitrogens with zero attached hydrogens (tertiary/aromatic N) is 1. The van der Waals surface area contributed by atoms with Gasteiger partial charge in [-0.15, -0.1) is 0 Å². The fourth-order valence-corrected chi connectivity index (χ4v) is 8.02. The Labute approximate surface area is 170 Å². The molecule has 8 atom stereocenters. The summed E-state index contributed by atoms with van der Waals surface area (Å²) in [4.78, 5) is 5.17. The molecular formula is C23H40N2O3. The Hall–Kier alpha value is -0.650. The SMILES string of the molecule is C[C@]12CCC(O)CC1CC[C@@H]1[C@H]2CC[C@]2(C)C(C/C=N/OCCN)CC[C@@]12O. The highest BCUT2D eigenvalue weighted by atomic mass is 16.6. The van der Waals surface area contributed by atoms with Crippen LogP contribution in [0.25, 0.3) is 0 Å². The first-order valence-corrected chi connectivity index (χ1v) is 11.6. The van der Waals surface area contributed by atoms with E-state index in [1.807, 2.05) is 6.21 Å². The van der Waals surface area contributed by atoms with Gasteiger partial charge in [0.05, 0.1) is 11.7 Å². The molecule has 0 heterocycles. The van der Waals surface area contributed by atoms with Gasteiger partial charge in [-0.05, 0) is 98.7 Å². The second-order valence-electron chi connectivity index (χ2n) is 10.7. The minimum Gasteiger partial charge on any atom is -0.395 e. The fraction of sp³-hybridized carbons (Fsp3) is 0.957. The third-order valence-electron chi connectivity index (χ3n) is 9.76. The predicted octanol–water partition coefficient (Wildman–Crippen LogP) is 3.47. The number of hydrogen-bond acceptors (Lipinski definition) is 5. The van der Waals surface area contributed by atoms with E-state index < -0.39 is 5.60 Å². The first kappa shape index (κ1) is 20.6. The van der Waals surface area contributed by atoms with Crippen LogP contribution >= 0.6 is 0 Å². The molecule has 28 heavy (non-hydrogen) atoms. The van der Waals surface area contributed by atoms with E-state index in [4.69, 9.17) is 10.6 Å². The van der Waals surface area contributed by atoms with E-state index in [9.17, 15) is 10.2 Å². The molecular weight excluding hydrogens is 352 g/mol. The van der Waals surface area contributed by atoms with Crippen LogP contribution in [-0.4, -0.2) is 41.3 Å². The number of oxime groups is 1. The van der Waals surface area contributed by atoms with E-state index in [-0.39, 0.29) is 11.5 Å². The molecule has 0 spiro atoms. The summed E-state index contributed by atoms with van der Waals surface area (Å²) in [6.07, 6.45) is 12.3. The van der Waals surface area contributed by atoms with Gasteiger partial charge in [-0.1, -0.05) is 19.0 Å². The molecule has 0 aromatic heterocycles.